The molecule has 2 heterocycles. The van der Waals surface area contributed by atoms with Crippen LogP contribution in [-0.2, 0) is 10.0 Å². The molecule has 1 aromatic heterocycles. The number of aromatic nitrogens is 2. The second-order valence-corrected chi connectivity index (χ2v) is 6.12. The first-order valence-corrected chi connectivity index (χ1v) is 7.07. The van der Waals surface area contributed by atoms with Crippen molar-refractivity contribution >= 4 is 10.0 Å². The van der Waals surface area contributed by atoms with Gasteiger partial charge in [0.05, 0.1) is 12.2 Å². The highest BCUT2D eigenvalue weighted by molar-refractivity contribution is 7.88. The van der Waals surface area contributed by atoms with Crippen LogP contribution in [0, 0.1) is 6.92 Å². The zero-order chi connectivity index (χ0) is 11.8. The average Bonchev–Trinajstić information content (AvgIpc) is 2.64. The lowest BCUT2D eigenvalue weighted by Gasteiger charge is -2.28. The maximum Gasteiger partial charge on any atom is 0.231 e. The van der Waals surface area contributed by atoms with E-state index in [4.69, 9.17) is 4.52 Å². The summed E-state index contributed by atoms with van der Waals surface area (Å²) in [4.78, 5) is 4.15. The Labute approximate surface area is 94.7 Å². The zero-order valence-corrected chi connectivity index (χ0v) is 10.2. The summed E-state index contributed by atoms with van der Waals surface area (Å²) in [6.07, 6.45) is 2.96. The predicted octanol–water partition coefficient (Wildman–Crippen LogP) is 0.517. The minimum Gasteiger partial charge on any atom is -0.339 e. The third-order valence-electron chi connectivity index (χ3n) is 2.75. The summed E-state index contributed by atoms with van der Waals surface area (Å²) in [6.45, 7) is 2.78. The fourth-order valence-corrected chi connectivity index (χ4v) is 2.84. The molecule has 1 aromatic rings. The van der Waals surface area contributed by atoms with Gasteiger partial charge < -0.3 is 4.52 Å². The molecule has 0 unspecified atom stereocenters. The van der Waals surface area contributed by atoms with Crippen LogP contribution in [0.15, 0.2) is 4.52 Å². The third kappa shape index (κ3) is 2.41. The molecule has 0 N–H and O–H groups in total. The highest BCUT2D eigenvalue weighted by Crippen LogP contribution is 2.26. The van der Waals surface area contributed by atoms with E-state index in [1.807, 2.05) is 0 Å². The van der Waals surface area contributed by atoms with E-state index in [1.54, 1.807) is 6.92 Å². The van der Waals surface area contributed by atoms with Crippen molar-refractivity contribution in [2.45, 2.75) is 25.7 Å². The lowest BCUT2D eigenvalue weighted by atomic mass is 10.00. The molecule has 0 aliphatic carbocycles. The van der Waals surface area contributed by atoms with Crippen LogP contribution in [-0.4, -0.2) is 42.2 Å². The topological polar surface area (TPSA) is 76.3 Å². The lowest BCUT2D eigenvalue weighted by Crippen LogP contribution is -2.38. The molecular weight excluding hydrogens is 230 g/mol. The standard InChI is InChI=1S/C9H15N3O3S/c1-7-10-9(15-11-7)8-4-3-5-12(6-8)16(2,13)14/h8H,3-6H2,1-2H3/t8-/m0/s1. The molecule has 90 valence electrons. The molecule has 0 spiro atoms. The van der Waals surface area contributed by atoms with E-state index in [0.29, 0.717) is 24.8 Å². The van der Waals surface area contributed by atoms with Gasteiger partial charge in [0.1, 0.15) is 0 Å². The van der Waals surface area contributed by atoms with E-state index >= 15 is 0 Å². The average molecular weight is 245 g/mol. The molecule has 6 nitrogen and oxygen atoms in total. The molecule has 1 aliphatic heterocycles. The highest BCUT2D eigenvalue weighted by atomic mass is 32.2. The first kappa shape index (κ1) is 11.5. The minimum atomic E-state index is -3.12. The molecule has 2 rings (SSSR count). The lowest BCUT2D eigenvalue weighted by molar-refractivity contribution is 0.266. The number of hydrogen-bond acceptors (Lipinski definition) is 5. The van der Waals surface area contributed by atoms with Gasteiger partial charge >= 0.3 is 0 Å². The highest BCUT2D eigenvalue weighted by Gasteiger charge is 2.29. The second-order valence-electron chi connectivity index (χ2n) is 4.14. The summed E-state index contributed by atoms with van der Waals surface area (Å²) >= 11 is 0. The van der Waals surface area contributed by atoms with E-state index < -0.39 is 10.0 Å². The maximum absolute atomic E-state index is 11.4. The zero-order valence-electron chi connectivity index (χ0n) is 9.38. The molecule has 7 heteroatoms. The van der Waals surface area contributed by atoms with Gasteiger partial charge in [-0.15, -0.1) is 0 Å². The van der Waals surface area contributed by atoms with Gasteiger partial charge in [0.2, 0.25) is 15.9 Å². The van der Waals surface area contributed by atoms with Crippen LogP contribution < -0.4 is 0 Å². The van der Waals surface area contributed by atoms with Gasteiger partial charge in [-0.25, -0.2) is 12.7 Å². The van der Waals surface area contributed by atoms with Crippen LogP contribution in [0.1, 0.15) is 30.5 Å². The van der Waals surface area contributed by atoms with Gasteiger partial charge in [0.15, 0.2) is 5.82 Å². The van der Waals surface area contributed by atoms with E-state index in [2.05, 4.69) is 10.1 Å². The summed E-state index contributed by atoms with van der Waals surface area (Å²) in [6, 6.07) is 0. The Morgan fingerprint density at radius 2 is 2.25 bits per heavy atom. The molecule has 1 aliphatic rings. The van der Waals surface area contributed by atoms with Crippen molar-refractivity contribution in [2.75, 3.05) is 19.3 Å². The smallest absolute Gasteiger partial charge is 0.231 e. The summed E-state index contributed by atoms with van der Waals surface area (Å²) in [5, 5.41) is 3.72. The Bertz CT molecular complexity index is 468. The Morgan fingerprint density at radius 3 is 2.81 bits per heavy atom. The monoisotopic (exact) mass is 245 g/mol. The molecule has 1 atom stereocenters. The summed E-state index contributed by atoms with van der Waals surface area (Å²) in [7, 11) is -3.12. The van der Waals surface area contributed by atoms with E-state index in [-0.39, 0.29) is 5.92 Å². The predicted molar refractivity (Wildman–Crippen MR) is 57.4 cm³/mol. The van der Waals surface area contributed by atoms with Crippen molar-refractivity contribution in [3.63, 3.8) is 0 Å². The van der Waals surface area contributed by atoms with Crippen LogP contribution in [0.3, 0.4) is 0 Å². The Morgan fingerprint density at radius 1 is 1.50 bits per heavy atom. The molecule has 0 radical (unpaired) electrons. The van der Waals surface area contributed by atoms with Gasteiger partial charge in [0.25, 0.3) is 0 Å². The molecule has 1 saturated heterocycles. The van der Waals surface area contributed by atoms with Crippen LogP contribution >= 0.6 is 0 Å². The number of hydrogen-bond donors (Lipinski definition) is 0. The van der Waals surface area contributed by atoms with Gasteiger partial charge in [0, 0.05) is 13.1 Å². The van der Waals surface area contributed by atoms with E-state index in [9.17, 15) is 8.42 Å². The molecule has 0 aromatic carbocycles. The Balaban J connectivity index is 2.13. The second kappa shape index (κ2) is 4.14. The first-order chi connectivity index (χ1) is 7.47. The number of sulfonamides is 1. The van der Waals surface area contributed by atoms with Crippen molar-refractivity contribution in [2.24, 2.45) is 0 Å². The number of rotatable bonds is 2. The normalized spacial score (nSPS) is 23.5. The largest absolute Gasteiger partial charge is 0.339 e. The number of nitrogens with zero attached hydrogens (tertiary/aromatic N) is 3. The van der Waals surface area contributed by atoms with Gasteiger partial charge in [-0.2, -0.15) is 4.98 Å². The Hall–Kier alpha value is -0.950. The van der Waals surface area contributed by atoms with Crippen molar-refractivity contribution < 1.29 is 12.9 Å². The summed E-state index contributed by atoms with van der Waals surface area (Å²) in [5.41, 5.74) is 0. The molecule has 0 saturated carbocycles. The van der Waals surface area contributed by atoms with Gasteiger partial charge in [-0.3, -0.25) is 0 Å². The minimum absolute atomic E-state index is 0.0321. The first-order valence-electron chi connectivity index (χ1n) is 5.22. The SMILES string of the molecule is Cc1noc([C@H]2CCCN(S(C)(=O)=O)C2)n1. The quantitative estimate of drug-likeness (QED) is 0.759. The van der Waals surface area contributed by atoms with E-state index in [0.717, 1.165) is 12.8 Å². The van der Waals surface area contributed by atoms with Crippen LogP contribution in [0.4, 0.5) is 0 Å². The molecular formula is C9H15N3O3S. The van der Waals surface area contributed by atoms with Crippen LogP contribution in [0.25, 0.3) is 0 Å². The van der Waals surface area contributed by atoms with Crippen molar-refractivity contribution in [1.29, 1.82) is 0 Å². The van der Waals surface area contributed by atoms with Crippen molar-refractivity contribution in [3.05, 3.63) is 11.7 Å². The molecule has 0 bridgehead atoms. The third-order valence-corrected chi connectivity index (χ3v) is 4.02. The van der Waals surface area contributed by atoms with E-state index in [1.165, 1.54) is 10.6 Å². The fraction of sp³-hybridized carbons (Fsp3) is 0.778. The summed E-state index contributed by atoms with van der Waals surface area (Å²) < 4.78 is 29.4. The molecule has 16 heavy (non-hydrogen) atoms. The van der Waals surface area contributed by atoms with Gasteiger partial charge in [-0.05, 0) is 19.8 Å². The molecule has 1 fully saturated rings. The number of piperidine rings is 1. The number of aryl methyl sites for hydroxylation is 1. The van der Waals surface area contributed by atoms with Gasteiger partial charge in [-0.1, -0.05) is 5.16 Å². The summed E-state index contributed by atoms with van der Waals surface area (Å²) in [5.74, 6) is 1.17. The molecule has 0 amide bonds. The van der Waals surface area contributed by atoms with Crippen LogP contribution in [0.2, 0.25) is 0 Å². The fourth-order valence-electron chi connectivity index (χ4n) is 1.92. The maximum atomic E-state index is 11.4. The van der Waals surface area contributed by atoms with Crippen molar-refractivity contribution in [1.82, 2.24) is 14.4 Å². The van der Waals surface area contributed by atoms with Crippen LogP contribution in [0.5, 0.6) is 0 Å². The Kier molecular flexibility index (Phi) is 2.98. The van der Waals surface area contributed by atoms with Crippen molar-refractivity contribution in [3.8, 4) is 0 Å².